The number of amides is 1. The van der Waals surface area contributed by atoms with Crippen LogP contribution in [0.2, 0.25) is 0 Å². The molecular weight excluding hydrogens is 331 g/mol. The lowest BCUT2D eigenvalue weighted by Gasteiger charge is -2.08. The molecule has 5 nitrogen and oxygen atoms in total. The summed E-state index contributed by atoms with van der Waals surface area (Å²) < 4.78 is 12.9. The molecule has 0 fully saturated rings. The number of carbonyl (C=O) groups excluding carboxylic acids is 1. The van der Waals surface area contributed by atoms with Gasteiger partial charge in [-0.2, -0.15) is 0 Å². The molecule has 1 aromatic heterocycles. The van der Waals surface area contributed by atoms with E-state index in [0.29, 0.717) is 31.2 Å². The molecule has 0 aliphatic rings. The zero-order chi connectivity index (χ0) is 18.2. The van der Waals surface area contributed by atoms with Gasteiger partial charge in [0.15, 0.2) is 0 Å². The highest BCUT2D eigenvalue weighted by Crippen LogP contribution is 2.06. The predicted octanol–water partition coefficient (Wildman–Crippen LogP) is 3.20. The van der Waals surface area contributed by atoms with E-state index in [2.05, 4.69) is 20.6 Å². The van der Waals surface area contributed by atoms with E-state index < -0.39 is 0 Å². The predicted molar refractivity (Wildman–Crippen MR) is 98.2 cm³/mol. The Labute approximate surface area is 151 Å². The van der Waals surface area contributed by atoms with Gasteiger partial charge >= 0.3 is 0 Å². The minimum absolute atomic E-state index is 0.266. The van der Waals surface area contributed by atoms with Gasteiger partial charge in [0.05, 0.1) is 0 Å². The first-order chi connectivity index (χ1) is 12.7. The molecule has 0 aliphatic carbocycles. The van der Waals surface area contributed by atoms with Crippen molar-refractivity contribution < 1.29 is 9.18 Å². The average molecular weight is 350 g/mol. The van der Waals surface area contributed by atoms with E-state index in [1.807, 2.05) is 30.3 Å². The quantitative estimate of drug-likeness (QED) is 0.687. The lowest BCUT2D eigenvalue weighted by atomic mass is 10.1. The van der Waals surface area contributed by atoms with Crippen molar-refractivity contribution in [2.75, 3.05) is 11.9 Å². The van der Waals surface area contributed by atoms with E-state index >= 15 is 0 Å². The Morgan fingerprint density at radius 3 is 2.50 bits per heavy atom. The average Bonchev–Trinajstić information content (AvgIpc) is 2.69. The second-order valence-electron chi connectivity index (χ2n) is 5.74. The summed E-state index contributed by atoms with van der Waals surface area (Å²) in [5, 5.41) is 5.92. The molecule has 6 heteroatoms. The van der Waals surface area contributed by atoms with E-state index in [1.165, 1.54) is 12.1 Å². The molecule has 26 heavy (non-hydrogen) atoms. The second kappa shape index (κ2) is 8.71. The summed E-state index contributed by atoms with van der Waals surface area (Å²) in [5.41, 5.74) is 2.36. The van der Waals surface area contributed by atoms with Crippen LogP contribution < -0.4 is 10.6 Å². The number of benzene rings is 2. The number of nitrogens with one attached hydrogen (secondary N) is 2. The van der Waals surface area contributed by atoms with Gasteiger partial charge in [-0.15, -0.1) is 0 Å². The maximum atomic E-state index is 12.9. The Hall–Kier alpha value is -3.28. The molecule has 132 valence electrons. The Balaban J connectivity index is 1.51. The summed E-state index contributed by atoms with van der Waals surface area (Å²) in [6, 6.07) is 17.7. The van der Waals surface area contributed by atoms with Gasteiger partial charge in [-0.25, -0.2) is 14.4 Å². The highest BCUT2D eigenvalue weighted by Gasteiger charge is 2.08. The van der Waals surface area contributed by atoms with Crippen molar-refractivity contribution in [1.29, 1.82) is 0 Å². The zero-order valence-electron chi connectivity index (χ0n) is 14.2. The SMILES string of the molecule is O=C(NCCc1ccc(F)cc1)c1ccnc(NCc2ccccc2)n1. The van der Waals surface area contributed by atoms with E-state index in [0.717, 1.165) is 11.1 Å². The topological polar surface area (TPSA) is 66.9 Å². The minimum atomic E-state index is -0.269. The smallest absolute Gasteiger partial charge is 0.270 e. The fourth-order valence-electron chi connectivity index (χ4n) is 2.41. The first-order valence-electron chi connectivity index (χ1n) is 8.34. The molecule has 0 saturated carbocycles. The number of nitrogens with zero attached hydrogens (tertiary/aromatic N) is 2. The minimum Gasteiger partial charge on any atom is -0.350 e. The van der Waals surface area contributed by atoms with E-state index in [4.69, 9.17) is 0 Å². The Morgan fingerprint density at radius 1 is 0.962 bits per heavy atom. The molecule has 0 spiro atoms. The van der Waals surface area contributed by atoms with Crippen molar-refractivity contribution in [2.24, 2.45) is 0 Å². The van der Waals surface area contributed by atoms with Crippen molar-refractivity contribution in [2.45, 2.75) is 13.0 Å². The third kappa shape index (κ3) is 5.11. The lowest BCUT2D eigenvalue weighted by Crippen LogP contribution is -2.26. The molecule has 1 amide bonds. The molecule has 0 atom stereocenters. The lowest BCUT2D eigenvalue weighted by molar-refractivity contribution is 0.0949. The first-order valence-corrected chi connectivity index (χ1v) is 8.34. The zero-order valence-corrected chi connectivity index (χ0v) is 14.2. The van der Waals surface area contributed by atoms with Crippen LogP contribution in [0.15, 0.2) is 66.9 Å². The molecule has 0 unspecified atom stereocenters. The summed E-state index contributed by atoms with van der Waals surface area (Å²) in [6.45, 7) is 1.03. The fraction of sp³-hybridized carbons (Fsp3) is 0.150. The highest BCUT2D eigenvalue weighted by atomic mass is 19.1. The van der Waals surface area contributed by atoms with Gasteiger partial charge in [-0.1, -0.05) is 42.5 Å². The van der Waals surface area contributed by atoms with E-state index in [1.54, 1.807) is 24.4 Å². The third-order valence-electron chi connectivity index (χ3n) is 3.79. The Kier molecular flexibility index (Phi) is 5.88. The summed E-state index contributed by atoms with van der Waals surface area (Å²) in [7, 11) is 0. The number of hydrogen-bond donors (Lipinski definition) is 2. The van der Waals surface area contributed by atoms with Crippen LogP contribution in [-0.4, -0.2) is 22.4 Å². The largest absolute Gasteiger partial charge is 0.350 e. The summed E-state index contributed by atoms with van der Waals surface area (Å²) in [6.07, 6.45) is 2.17. The first kappa shape index (κ1) is 17.5. The van der Waals surface area contributed by atoms with Gasteiger partial charge in [0.2, 0.25) is 5.95 Å². The van der Waals surface area contributed by atoms with Crippen LogP contribution in [0, 0.1) is 5.82 Å². The molecule has 3 aromatic rings. The number of rotatable bonds is 7. The number of halogens is 1. The van der Waals surface area contributed by atoms with Crippen LogP contribution in [0.4, 0.5) is 10.3 Å². The Bertz CT molecular complexity index is 853. The number of carbonyl (C=O) groups is 1. The van der Waals surface area contributed by atoms with Crippen LogP contribution in [0.1, 0.15) is 21.6 Å². The molecule has 1 heterocycles. The van der Waals surface area contributed by atoms with E-state index in [9.17, 15) is 9.18 Å². The van der Waals surface area contributed by atoms with Crippen molar-refractivity contribution in [3.05, 3.63) is 89.5 Å². The van der Waals surface area contributed by atoms with Crippen LogP contribution in [0.5, 0.6) is 0 Å². The normalized spacial score (nSPS) is 10.3. The summed E-state index contributed by atoms with van der Waals surface area (Å²) in [5.74, 6) is -0.133. The molecule has 2 aromatic carbocycles. The molecule has 0 bridgehead atoms. The number of hydrogen-bond acceptors (Lipinski definition) is 4. The van der Waals surface area contributed by atoms with Gasteiger partial charge in [-0.3, -0.25) is 4.79 Å². The number of aromatic nitrogens is 2. The van der Waals surface area contributed by atoms with E-state index in [-0.39, 0.29) is 11.7 Å². The van der Waals surface area contributed by atoms with Crippen LogP contribution >= 0.6 is 0 Å². The summed E-state index contributed by atoms with van der Waals surface area (Å²) >= 11 is 0. The van der Waals surface area contributed by atoms with Gasteiger partial charge in [0.1, 0.15) is 11.5 Å². The number of anilines is 1. The van der Waals surface area contributed by atoms with Gasteiger partial charge in [0.25, 0.3) is 5.91 Å². The highest BCUT2D eigenvalue weighted by molar-refractivity contribution is 5.92. The maximum absolute atomic E-state index is 12.9. The van der Waals surface area contributed by atoms with Crippen molar-refractivity contribution in [1.82, 2.24) is 15.3 Å². The molecular formula is C20H19FN4O. The van der Waals surface area contributed by atoms with Crippen LogP contribution in [-0.2, 0) is 13.0 Å². The van der Waals surface area contributed by atoms with Crippen LogP contribution in [0.3, 0.4) is 0 Å². The Morgan fingerprint density at radius 2 is 1.73 bits per heavy atom. The molecule has 3 rings (SSSR count). The fourth-order valence-corrected chi connectivity index (χ4v) is 2.41. The molecule has 0 aliphatic heterocycles. The van der Waals surface area contributed by atoms with Crippen molar-refractivity contribution in [3.8, 4) is 0 Å². The molecule has 0 saturated heterocycles. The molecule has 0 radical (unpaired) electrons. The monoisotopic (exact) mass is 350 g/mol. The van der Waals surface area contributed by atoms with Crippen molar-refractivity contribution in [3.63, 3.8) is 0 Å². The van der Waals surface area contributed by atoms with Gasteiger partial charge in [0, 0.05) is 19.3 Å². The maximum Gasteiger partial charge on any atom is 0.270 e. The summed E-state index contributed by atoms with van der Waals surface area (Å²) in [4.78, 5) is 20.6. The van der Waals surface area contributed by atoms with Gasteiger partial charge < -0.3 is 10.6 Å². The standard InChI is InChI=1S/C20H19FN4O/c21-17-8-6-15(7-9-17)10-12-22-19(26)18-11-13-23-20(25-18)24-14-16-4-2-1-3-5-16/h1-9,11,13H,10,12,14H2,(H,22,26)(H,23,24,25). The van der Waals surface area contributed by atoms with Crippen LogP contribution in [0.25, 0.3) is 0 Å². The molecule has 2 N–H and O–H groups in total. The second-order valence-corrected chi connectivity index (χ2v) is 5.74. The third-order valence-corrected chi connectivity index (χ3v) is 3.79. The van der Waals surface area contributed by atoms with Gasteiger partial charge in [-0.05, 0) is 35.7 Å². The van der Waals surface area contributed by atoms with Crippen molar-refractivity contribution >= 4 is 11.9 Å².